The van der Waals surface area contributed by atoms with Gasteiger partial charge in [-0.25, -0.2) is 4.98 Å². The van der Waals surface area contributed by atoms with E-state index in [0.717, 1.165) is 29.2 Å². The lowest BCUT2D eigenvalue weighted by molar-refractivity contribution is -0.119. The van der Waals surface area contributed by atoms with E-state index in [1.54, 1.807) is 17.5 Å². The number of carbonyl (C=O) groups excluding carboxylic acids is 1. The number of nitrogens with zero attached hydrogens (tertiary/aromatic N) is 1. The van der Waals surface area contributed by atoms with E-state index >= 15 is 0 Å². The standard InChI is InChI=1S/C15H17N3OS/c1-10-13(6-7-16-10)14(19)18-12-4-2-11(3-5-12)15-17-8-9-20-15/h2-5,8-10,13,16H,6-7H2,1H3,(H,18,19). The number of anilines is 1. The molecule has 104 valence electrons. The molecular weight excluding hydrogens is 270 g/mol. The molecule has 2 unspecified atom stereocenters. The molecule has 1 amide bonds. The number of benzene rings is 1. The number of thiazole rings is 1. The SMILES string of the molecule is CC1NCCC1C(=O)Nc1ccc(-c2nccs2)cc1. The summed E-state index contributed by atoms with van der Waals surface area (Å²) in [6, 6.07) is 8.10. The Morgan fingerprint density at radius 1 is 1.40 bits per heavy atom. The van der Waals surface area contributed by atoms with Crippen LogP contribution in [0.4, 0.5) is 5.69 Å². The van der Waals surface area contributed by atoms with Crippen molar-refractivity contribution < 1.29 is 4.79 Å². The Morgan fingerprint density at radius 2 is 2.20 bits per heavy atom. The predicted molar refractivity (Wildman–Crippen MR) is 81.8 cm³/mol. The van der Waals surface area contributed by atoms with Crippen LogP contribution in [-0.2, 0) is 4.79 Å². The molecule has 5 heteroatoms. The van der Waals surface area contributed by atoms with E-state index in [0.29, 0.717) is 0 Å². The van der Waals surface area contributed by atoms with E-state index in [1.807, 2.05) is 29.6 Å². The first-order chi connectivity index (χ1) is 9.74. The van der Waals surface area contributed by atoms with Gasteiger partial charge >= 0.3 is 0 Å². The van der Waals surface area contributed by atoms with Crippen molar-refractivity contribution >= 4 is 22.9 Å². The van der Waals surface area contributed by atoms with Gasteiger partial charge in [0.15, 0.2) is 0 Å². The van der Waals surface area contributed by atoms with E-state index in [-0.39, 0.29) is 17.9 Å². The van der Waals surface area contributed by atoms with Gasteiger partial charge in [0.25, 0.3) is 0 Å². The minimum Gasteiger partial charge on any atom is -0.326 e. The van der Waals surface area contributed by atoms with Crippen molar-refractivity contribution in [2.75, 3.05) is 11.9 Å². The van der Waals surface area contributed by atoms with Crippen molar-refractivity contribution in [3.63, 3.8) is 0 Å². The van der Waals surface area contributed by atoms with Crippen molar-refractivity contribution in [2.45, 2.75) is 19.4 Å². The van der Waals surface area contributed by atoms with Crippen LogP contribution in [0, 0.1) is 5.92 Å². The van der Waals surface area contributed by atoms with Crippen LogP contribution in [0.2, 0.25) is 0 Å². The first-order valence-electron chi connectivity index (χ1n) is 6.78. The molecule has 2 atom stereocenters. The second-order valence-corrected chi connectivity index (χ2v) is 5.94. The number of amides is 1. The van der Waals surface area contributed by atoms with Crippen LogP contribution in [0.5, 0.6) is 0 Å². The zero-order valence-corrected chi connectivity index (χ0v) is 12.1. The fourth-order valence-corrected chi connectivity index (χ4v) is 3.16. The quantitative estimate of drug-likeness (QED) is 0.912. The highest BCUT2D eigenvalue weighted by Gasteiger charge is 2.29. The fraction of sp³-hybridized carbons (Fsp3) is 0.333. The number of hydrogen-bond donors (Lipinski definition) is 2. The van der Waals surface area contributed by atoms with E-state index in [4.69, 9.17) is 0 Å². The van der Waals surface area contributed by atoms with Gasteiger partial charge in [-0.1, -0.05) is 0 Å². The molecule has 0 saturated carbocycles. The summed E-state index contributed by atoms with van der Waals surface area (Å²) in [5, 5.41) is 9.24. The van der Waals surface area contributed by atoms with Gasteiger partial charge in [0.05, 0.1) is 5.92 Å². The summed E-state index contributed by atoms with van der Waals surface area (Å²) in [4.78, 5) is 16.5. The number of carbonyl (C=O) groups is 1. The van der Waals surface area contributed by atoms with E-state index < -0.39 is 0 Å². The van der Waals surface area contributed by atoms with Crippen LogP contribution < -0.4 is 10.6 Å². The Hall–Kier alpha value is -1.72. The fourth-order valence-electron chi connectivity index (χ4n) is 2.51. The van der Waals surface area contributed by atoms with E-state index in [2.05, 4.69) is 22.5 Å². The molecule has 20 heavy (non-hydrogen) atoms. The minimum atomic E-state index is 0.0636. The third kappa shape index (κ3) is 2.73. The van der Waals surface area contributed by atoms with Crippen molar-refractivity contribution in [1.82, 2.24) is 10.3 Å². The van der Waals surface area contributed by atoms with Gasteiger partial charge in [-0.05, 0) is 44.2 Å². The Labute approximate surface area is 122 Å². The summed E-state index contributed by atoms with van der Waals surface area (Å²) < 4.78 is 0. The highest BCUT2D eigenvalue weighted by Crippen LogP contribution is 2.24. The van der Waals surface area contributed by atoms with Gasteiger partial charge < -0.3 is 10.6 Å². The van der Waals surface area contributed by atoms with E-state index in [1.165, 1.54) is 0 Å². The molecule has 0 bridgehead atoms. The zero-order valence-electron chi connectivity index (χ0n) is 11.3. The maximum absolute atomic E-state index is 12.2. The highest BCUT2D eigenvalue weighted by molar-refractivity contribution is 7.13. The summed E-state index contributed by atoms with van der Waals surface area (Å²) in [5.41, 5.74) is 1.92. The van der Waals surface area contributed by atoms with Gasteiger partial charge in [-0.15, -0.1) is 11.3 Å². The maximum Gasteiger partial charge on any atom is 0.229 e. The predicted octanol–water partition coefficient (Wildman–Crippen LogP) is 2.75. The number of nitrogens with one attached hydrogen (secondary N) is 2. The van der Waals surface area contributed by atoms with Crippen LogP contribution in [0.3, 0.4) is 0 Å². The van der Waals surface area contributed by atoms with Gasteiger partial charge in [0.1, 0.15) is 5.01 Å². The highest BCUT2D eigenvalue weighted by atomic mass is 32.1. The normalized spacial score (nSPS) is 21.9. The summed E-state index contributed by atoms with van der Waals surface area (Å²) in [5.74, 6) is 0.165. The zero-order chi connectivity index (χ0) is 13.9. The molecule has 4 nitrogen and oxygen atoms in total. The molecule has 0 radical (unpaired) electrons. The Kier molecular flexibility index (Phi) is 3.80. The molecule has 0 spiro atoms. The minimum absolute atomic E-state index is 0.0636. The maximum atomic E-state index is 12.2. The second kappa shape index (κ2) is 5.73. The van der Waals surface area contributed by atoms with Crippen LogP contribution in [0.25, 0.3) is 10.6 Å². The Bertz CT molecular complexity index is 580. The molecule has 0 aliphatic carbocycles. The molecule has 1 fully saturated rings. The summed E-state index contributed by atoms with van der Waals surface area (Å²) in [6.07, 6.45) is 2.70. The van der Waals surface area contributed by atoms with Gasteiger partial charge in [-0.2, -0.15) is 0 Å². The number of hydrogen-bond acceptors (Lipinski definition) is 4. The third-order valence-corrected chi connectivity index (χ3v) is 4.52. The topological polar surface area (TPSA) is 54.0 Å². The van der Waals surface area contributed by atoms with E-state index in [9.17, 15) is 4.79 Å². The van der Waals surface area contributed by atoms with Crippen LogP contribution in [-0.4, -0.2) is 23.5 Å². The number of rotatable bonds is 3. The average Bonchev–Trinajstić information content (AvgIpc) is 3.10. The van der Waals surface area contributed by atoms with Crippen molar-refractivity contribution in [3.8, 4) is 10.6 Å². The van der Waals surface area contributed by atoms with Crippen LogP contribution in [0.1, 0.15) is 13.3 Å². The van der Waals surface area contributed by atoms with Gasteiger partial charge in [0.2, 0.25) is 5.91 Å². The molecular formula is C15H17N3OS. The summed E-state index contributed by atoms with van der Waals surface area (Å²) in [7, 11) is 0. The van der Waals surface area contributed by atoms with Crippen LogP contribution >= 0.6 is 11.3 Å². The lowest BCUT2D eigenvalue weighted by Crippen LogP contribution is -2.32. The molecule has 1 saturated heterocycles. The first-order valence-corrected chi connectivity index (χ1v) is 7.66. The van der Waals surface area contributed by atoms with Crippen molar-refractivity contribution in [2.24, 2.45) is 5.92 Å². The number of aromatic nitrogens is 1. The molecule has 1 aliphatic heterocycles. The third-order valence-electron chi connectivity index (χ3n) is 3.69. The molecule has 1 aromatic carbocycles. The van der Waals surface area contributed by atoms with Crippen molar-refractivity contribution in [1.29, 1.82) is 0 Å². The van der Waals surface area contributed by atoms with Crippen LogP contribution in [0.15, 0.2) is 35.8 Å². The summed E-state index contributed by atoms with van der Waals surface area (Å²) in [6.45, 7) is 2.98. The Balaban J connectivity index is 1.68. The second-order valence-electron chi connectivity index (χ2n) is 5.04. The monoisotopic (exact) mass is 287 g/mol. The van der Waals surface area contributed by atoms with Gasteiger partial charge in [-0.3, -0.25) is 4.79 Å². The molecule has 2 N–H and O–H groups in total. The average molecular weight is 287 g/mol. The molecule has 3 rings (SSSR count). The van der Waals surface area contributed by atoms with Gasteiger partial charge in [0, 0.05) is 28.9 Å². The molecule has 2 aromatic rings. The lowest BCUT2D eigenvalue weighted by Gasteiger charge is -2.15. The smallest absolute Gasteiger partial charge is 0.229 e. The summed E-state index contributed by atoms with van der Waals surface area (Å²) >= 11 is 1.61. The molecule has 2 heterocycles. The van der Waals surface area contributed by atoms with Crippen molar-refractivity contribution in [3.05, 3.63) is 35.8 Å². The lowest BCUT2D eigenvalue weighted by atomic mass is 10.0. The molecule has 1 aliphatic rings. The molecule has 1 aromatic heterocycles. The Morgan fingerprint density at radius 3 is 2.80 bits per heavy atom. The largest absolute Gasteiger partial charge is 0.326 e. The first kappa shape index (κ1) is 13.3.